The molecule has 0 unspecified atom stereocenters. The highest BCUT2D eigenvalue weighted by Crippen LogP contribution is 2.30. The van der Waals surface area contributed by atoms with Crippen LogP contribution in [-0.2, 0) is 11.3 Å². The van der Waals surface area contributed by atoms with Crippen LogP contribution < -0.4 is 4.90 Å². The number of para-hydroxylation sites is 1. The SMILES string of the molecule is [B]C(=O)N1CCC(C(=O)N(Cc2ccccc2)c2ccccc2Br)CC1. The average Bonchev–Trinajstić information content (AvgIpc) is 2.67. The third kappa shape index (κ3) is 4.36. The van der Waals surface area contributed by atoms with Crippen molar-refractivity contribution in [3.8, 4) is 0 Å². The normalized spacial score (nSPS) is 14.9. The van der Waals surface area contributed by atoms with Gasteiger partial charge in [0.25, 0.3) is 0 Å². The Morgan fingerprint density at radius 1 is 1.04 bits per heavy atom. The van der Waals surface area contributed by atoms with E-state index >= 15 is 0 Å². The van der Waals surface area contributed by atoms with E-state index in [2.05, 4.69) is 15.9 Å². The van der Waals surface area contributed by atoms with Gasteiger partial charge in [0, 0.05) is 23.5 Å². The van der Waals surface area contributed by atoms with Gasteiger partial charge in [-0.2, -0.15) is 0 Å². The van der Waals surface area contributed by atoms with Gasteiger partial charge in [-0.25, -0.2) is 0 Å². The predicted molar refractivity (Wildman–Crippen MR) is 107 cm³/mol. The van der Waals surface area contributed by atoms with E-state index in [1.165, 1.54) is 0 Å². The molecule has 0 atom stereocenters. The summed E-state index contributed by atoms with van der Waals surface area (Å²) in [4.78, 5) is 28.1. The number of amides is 2. The second-order valence-corrected chi connectivity index (χ2v) is 7.32. The highest BCUT2D eigenvalue weighted by atomic mass is 79.9. The highest BCUT2D eigenvalue weighted by Gasteiger charge is 2.30. The van der Waals surface area contributed by atoms with Crippen LogP contribution in [0.4, 0.5) is 10.5 Å². The summed E-state index contributed by atoms with van der Waals surface area (Å²) in [6.07, 6.45) is 1.27. The topological polar surface area (TPSA) is 40.6 Å². The molecule has 1 saturated heterocycles. The molecule has 0 aliphatic carbocycles. The first-order valence-electron chi connectivity index (χ1n) is 8.70. The van der Waals surface area contributed by atoms with Crippen LogP contribution in [0.25, 0.3) is 0 Å². The third-order valence-corrected chi connectivity index (χ3v) is 5.42. The Hall–Kier alpha value is -2.08. The quantitative estimate of drug-likeness (QED) is 0.715. The smallest absolute Gasteiger partial charge is 0.230 e. The fraction of sp³-hybridized carbons (Fsp3) is 0.300. The van der Waals surface area contributed by atoms with Gasteiger partial charge in [0.1, 0.15) is 0 Å². The predicted octanol–water partition coefficient (Wildman–Crippen LogP) is 3.98. The molecule has 0 bridgehead atoms. The number of benzene rings is 2. The summed E-state index contributed by atoms with van der Waals surface area (Å²) in [5.74, 6) is -0.436. The van der Waals surface area contributed by atoms with E-state index in [4.69, 9.17) is 7.85 Å². The number of piperidine rings is 1. The minimum Gasteiger partial charge on any atom is -0.352 e. The number of halogens is 1. The van der Waals surface area contributed by atoms with Gasteiger partial charge in [-0.05, 0) is 46.5 Å². The van der Waals surface area contributed by atoms with Crippen LogP contribution in [-0.4, -0.2) is 37.5 Å². The van der Waals surface area contributed by atoms with Crippen molar-refractivity contribution < 1.29 is 9.59 Å². The zero-order chi connectivity index (χ0) is 18.5. The molecule has 0 N–H and O–H groups in total. The van der Waals surface area contributed by atoms with Gasteiger partial charge < -0.3 is 9.80 Å². The number of nitrogens with zero attached hydrogens (tertiary/aromatic N) is 2. The zero-order valence-electron chi connectivity index (χ0n) is 14.5. The summed E-state index contributed by atoms with van der Waals surface area (Å²) >= 11 is 3.57. The lowest BCUT2D eigenvalue weighted by Crippen LogP contribution is -2.44. The molecule has 1 heterocycles. The molecule has 4 nitrogen and oxygen atoms in total. The molecule has 1 aliphatic rings. The largest absolute Gasteiger partial charge is 0.352 e. The van der Waals surface area contributed by atoms with Crippen LogP contribution in [0.1, 0.15) is 18.4 Å². The van der Waals surface area contributed by atoms with E-state index in [0.29, 0.717) is 32.5 Å². The monoisotopic (exact) mass is 410 g/mol. The molecule has 2 aromatic carbocycles. The lowest BCUT2D eigenvalue weighted by Gasteiger charge is -2.34. The van der Waals surface area contributed by atoms with Gasteiger partial charge in [0.05, 0.1) is 12.2 Å². The van der Waals surface area contributed by atoms with Crippen molar-refractivity contribution in [2.24, 2.45) is 5.92 Å². The standard InChI is InChI=1S/C20H20BBrN2O2/c21-20(26)23-12-10-16(11-13-23)19(25)24(14-15-6-2-1-3-7-15)18-9-5-4-8-17(18)22/h1-9,16H,10-14H2. The van der Waals surface area contributed by atoms with Gasteiger partial charge in [0.15, 0.2) is 5.81 Å². The minimum absolute atomic E-state index is 0.0878. The van der Waals surface area contributed by atoms with Gasteiger partial charge >= 0.3 is 0 Å². The van der Waals surface area contributed by atoms with Crippen molar-refractivity contribution in [2.45, 2.75) is 19.4 Å². The molecule has 1 aliphatic heterocycles. The van der Waals surface area contributed by atoms with Crippen molar-refractivity contribution in [2.75, 3.05) is 18.0 Å². The first-order chi connectivity index (χ1) is 12.6. The van der Waals surface area contributed by atoms with Crippen LogP contribution in [0, 0.1) is 5.92 Å². The molecule has 3 rings (SSSR count). The Kier molecular flexibility index (Phi) is 6.14. The molecule has 0 saturated carbocycles. The lowest BCUT2D eigenvalue weighted by molar-refractivity contribution is -0.123. The van der Waals surface area contributed by atoms with Gasteiger partial charge in [-0.1, -0.05) is 42.5 Å². The van der Waals surface area contributed by atoms with Crippen LogP contribution in [0.3, 0.4) is 0 Å². The van der Waals surface area contributed by atoms with Crippen molar-refractivity contribution in [3.05, 3.63) is 64.6 Å². The Balaban J connectivity index is 1.82. The highest BCUT2D eigenvalue weighted by molar-refractivity contribution is 9.10. The Bertz CT molecular complexity index is 776. The second-order valence-electron chi connectivity index (χ2n) is 6.46. The van der Waals surface area contributed by atoms with Crippen LogP contribution >= 0.6 is 15.9 Å². The second kappa shape index (κ2) is 8.54. The molecular formula is C20H20BBrN2O2. The van der Waals surface area contributed by atoms with E-state index in [1.807, 2.05) is 59.5 Å². The van der Waals surface area contributed by atoms with E-state index in [0.717, 1.165) is 15.7 Å². The van der Waals surface area contributed by atoms with Crippen LogP contribution in [0.2, 0.25) is 0 Å². The Morgan fingerprint density at radius 3 is 2.27 bits per heavy atom. The number of anilines is 1. The van der Waals surface area contributed by atoms with Crippen LogP contribution in [0.15, 0.2) is 59.1 Å². The molecule has 2 radical (unpaired) electrons. The first kappa shape index (κ1) is 18.7. The van der Waals surface area contributed by atoms with Gasteiger partial charge in [-0.3, -0.25) is 9.59 Å². The van der Waals surface area contributed by atoms with E-state index in [-0.39, 0.29) is 11.8 Å². The number of carbonyl (C=O) groups is 2. The maximum atomic E-state index is 13.3. The summed E-state index contributed by atoms with van der Waals surface area (Å²) in [5.41, 5.74) is 1.94. The fourth-order valence-corrected chi connectivity index (χ4v) is 3.78. The number of hydrogen-bond donors (Lipinski definition) is 0. The number of hydrogen-bond acceptors (Lipinski definition) is 2. The Labute approximate surface area is 163 Å². The van der Waals surface area contributed by atoms with E-state index < -0.39 is 5.81 Å². The molecule has 6 heteroatoms. The molecule has 1 fully saturated rings. The van der Waals surface area contributed by atoms with Crippen molar-refractivity contribution in [1.82, 2.24) is 4.90 Å². The summed E-state index contributed by atoms with van der Waals surface area (Å²) in [6.45, 7) is 1.57. The molecular weight excluding hydrogens is 391 g/mol. The maximum absolute atomic E-state index is 13.3. The third-order valence-electron chi connectivity index (χ3n) is 4.75. The maximum Gasteiger partial charge on any atom is 0.230 e. The molecule has 0 aromatic heterocycles. The van der Waals surface area contributed by atoms with Gasteiger partial charge in [-0.15, -0.1) is 0 Å². The average molecular weight is 411 g/mol. The first-order valence-corrected chi connectivity index (χ1v) is 9.50. The molecule has 2 aromatic rings. The molecule has 26 heavy (non-hydrogen) atoms. The summed E-state index contributed by atoms with van der Waals surface area (Å²) in [6, 6.07) is 17.7. The Morgan fingerprint density at radius 2 is 1.65 bits per heavy atom. The summed E-state index contributed by atoms with van der Waals surface area (Å²) in [7, 11) is 5.35. The molecule has 132 valence electrons. The zero-order valence-corrected chi connectivity index (χ0v) is 16.1. The van der Waals surface area contributed by atoms with Crippen molar-refractivity contribution in [1.29, 1.82) is 0 Å². The number of carbonyl (C=O) groups excluding carboxylic acids is 2. The van der Waals surface area contributed by atoms with Crippen LogP contribution in [0.5, 0.6) is 0 Å². The number of likely N-dealkylation sites (tertiary alicyclic amines) is 1. The van der Waals surface area contributed by atoms with Gasteiger partial charge in [0.2, 0.25) is 13.8 Å². The van der Waals surface area contributed by atoms with Crippen molar-refractivity contribution in [3.63, 3.8) is 0 Å². The molecule has 0 spiro atoms. The fourth-order valence-electron chi connectivity index (χ4n) is 3.29. The molecule has 2 amide bonds. The lowest BCUT2D eigenvalue weighted by atomic mass is 9.93. The van der Waals surface area contributed by atoms with Crippen molar-refractivity contribution >= 4 is 41.2 Å². The summed E-state index contributed by atoms with van der Waals surface area (Å²) < 4.78 is 0.888. The summed E-state index contributed by atoms with van der Waals surface area (Å²) in [5, 5.41) is 0. The van der Waals surface area contributed by atoms with E-state index in [9.17, 15) is 9.59 Å². The minimum atomic E-state index is -0.414. The number of rotatable bonds is 4. The van der Waals surface area contributed by atoms with E-state index in [1.54, 1.807) is 4.90 Å².